The first kappa shape index (κ1) is 17.3. The average Bonchev–Trinajstić information content (AvgIpc) is 3.10. The maximum Gasteiger partial charge on any atom is 0.174 e. The maximum atomic E-state index is 14.4. The Kier molecular flexibility index (Phi) is 4.39. The van der Waals surface area contributed by atoms with Crippen LogP contribution in [0.15, 0.2) is 40.9 Å². The zero-order chi connectivity index (χ0) is 18.4. The molecule has 26 heavy (non-hydrogen) atoms. The van der Waals surface area contributed by atoms with E-state index in [1.54, 1.807) is 14.2 Å². The summed E-state index contributed by atoms with van der Waals surface area (Å²) in [5.74, 6) is 0.257. The lowest BCUT2D eigenvalue weighted by Crippen LogP contribution is -2.30. The molecule has 0 unspecified atom stereocenters. The summed E-state index contributed by atoms with van der Waals surface area (Å²) in [5, 5.41) is 3.30. The number of ether oxygens (including phenoxy) is 2. The molecule has 3 atom stereocenters. The monoisotopic (exact) mass is 421 g/mol. The summed E-state index contributed by atoms with van der Waals surface area (Å²) in [4.78, 5) is 0. The maximum absolute atomic E-state index is 14.4. The second-order valence-electron chi connectivity index (χ2n) is 6.57. The Balaban J connectivity index is 1.82. The standard InChI is InChI=1S/C20H18BrF2NO2/c1-25-17-7-10(6-15(21)20(17)26-2)18-13-5-3-4-12(13)14-8-11(22)9-16(23)19(14)24-18/h3-4,6-9,12-13,18,24H,5H2,1-2H3/t12-,13-,18+/m1/s1. The molecule has 2 aromatic rings. The minimum atomic E-state index is -0.566. The molecule has 136 valence electrons. The minimum absolute atomic E-state index is 0.0201. The summed E-state index contributed by atoms with van der Waals surface area (Å²) in [6, 6.07) is 6.09. The third-order valence-electron chi connectivity index (χ3n) is 5.20. The molecule has 1 N–H and O–H groups in total. The Morgan fingerprint density at radius 2 is 1.92 bits per heavy atom. The number of benzene rings is 2. The van der Waals surface area contributed by atoms with E-state index in [0.29, 0.717) is 22.7 Å². The van der Waals surface area contributed by atoms with Crippen LogP contribution in [0.2, 0.25) is 0 Å². The van der Waals surface area contributed by atoms with E-state index in [-0.39, 0.29) is 17.9 Å². The van der Waals surface area contributed by atoms with Crippen molar-refractivity contribution in [3.63, 3.8) is 0 Å². The highest BCUT2D eigenvalue weighted by atomic mass is 79.9. The quantitative estimate of drug-likeness (QED) is 0.656. The molecule has 2 aliphatic rings. The predicted molar refractivity (Wildman–Crippen MR) is 100.0 cm³/mol. The molecule has 6 heteroatoms. The summed E-state index contributed by atoms with van der Waals surface area (Å²) in [5.41, 5.74) is 2.01. The highest BCUT2D eigenvalue weighted by Crippen LogP contribution is 2.52. The fourth-order valence-corrected chi connectivity index (χ4v) is 4.69. The molecule has 0 bridgehead atoms. The fraction of sp³-hybridized carbons (Fsp3) is 0.300. The predicted octanol–water partition coefficient (Wildman–Crippen LogP) is 5.57. The van der Waals surface area contributed by atoms with Crippen molar-refractivity contribution in [3.8, 4) is 11.5 Å². The van der Waals surface area contributed by atoms with Crippen molar-refractivity contribution in [3.05, 3.63) is 63.7 Å². The molecular formula is C20H18BrF2NO2. The second kappa shape index (κ2) is 6.58. The van der Waals surface area contributed by atoms with Gasteiger partial charge >= 0.3 is 0 Å². The minimum Gasteiger partial charge on any atom is -0.493 e. The van der Waals surface area contributed by atoms with Gasteiger partial charge in [-0.3, -0.25) is 0 Å². The van der Waals surface area contributed by atoms with E-state index in [0.717, 1.165) is 22.5 Å². The van der Waals surface area contributed by atoms with Gasteiger partial charge in [-0.2, -0.15) is 0 Å². The normalized spacial score (nSPS) is 23.2. The number of methoxy groups -OCH3 is 2. The van der Waals surface area contributed by atoms with Gasteiger partial charge in [0.1, 0.15) is 11.6 Å². The Morgan fingerprint density at radius 1 is 1.12 bits per heavy atom. The number of hydrogen-bond donors (Lipinski definition) is 1. The molecule has 0 fully saturated rings. The lowest BCUT2D eigenvalue weighted by atomic mass is 9.77. The molecule has 1 heterocycles. The van der Waals surface area contributed by atoms with Crippen molar-refractivity contribution in [2.24, 2.45) is 5.92 Å². The van der Waals surface area contributed by atoms with Crippen molar-refractivity contribution in [1.29, 1.82) is 0 Å². The van der Waals surface area contributed by atoms with Crippen LogP contribution in [0.4, 0.5) is 14.5 Å². The van der Waals surface area contributed by atoms with E-state index in [4.69, 9.17) is 9.47 Å². The largest absolute Gasteiger partial charge is 0.493 e. The van der Waals surface area contributed by atoms with Gasteiger partial charge in [-0.05, 0) is 57.6 Å². The summed E-state index contributed by atoms with van der Waals surface area (Å²) in [7, 11) is 3.16. The van der Waals surface area contributed by atoms with Gasteiger partial charge in [0.2, 0.25) is 0 Å². The van der Waals surface area contributed by atoms with E-state index in [1.165, 1.54) is 6.07 Å². The first-order chi connectivity index (χ1) is 12.5. The lowest BCUT2D eigenvalue weighted by Gasteiger charge is -2.38. The van der Waals surface area contributed by atoms with E-state index in [2.05, 4.69) is 27.3 Å². The zero-order valence-corrected chi connectivity index (χ0v) is 15.9. The molecule has 3 nitrogen and oxygen atoms in total. The van der Waals surface area contributed by atoms with E-state index < -0.39 is 11.6 Å². The summed E-state index contributed by atoms with van der Waals surface area (Å²) < 4.78 is 39.8. The summed E-state index contributed by atoms with van der Waals surface area (Å²) in [6.07, 6.45) is 4.97. The SMILES string of the molecule is COc1cc([C@@H]2Nc3c(F)cc(F)cc3[C@@H]3C=CC[C@H]32)cc(Br)c1OC. The van der Waals surface area contributed by atoms with E-state index in [1.807, 2.05) is 18.2 Å². The first-order valence-corrected chi connectivity index (χ1v) is 9.16. The van der Waals surface area contributed by atoms with Gasteiger partial charge in [0.05, 0.1) is 30.4 Å². The Labute approximate surface area is 159 Å². The van der Waals surface area contributed by atoms with Gasteiger partial charge in [0.25, 0.3) is 0 Å². The summed E-state index contributed by atoms with van der Waals surface area (Å²) in [6.45, 7) is 0. The molecule has 1 aliphatic heterocycles. The molecule has 1 aliphatic carbocycles. The van der Waals surface area contributed by atoms with Gasteiger partial charge in [0.15, 0.2) is 11.5 Å². The van der Waals surface area contributed by atoms with Crippen LogP contribution in [-0.2, 0) is 0 Å². The Bertz CT molecular complexity index is 900. The average molecular weight is 422 g/mol. The van der Waals surface area contributed by atoms with Gasteiger partial charge in [-0.15, -0.1) is 0 Å². The van der Waals surface area contributed by atoms with Gasteiger partial charge < -0.3 is 14.8 Å². The van der Waals surface area contributed by atoms with Crippen molar-refractivity contribution in [1.82, 2.24) is 0 Å². The molecule has 0 saturated heterocycles. The number of halogens is 3. The van der Waals surface area contributed by atoms with Crippen LogP contribution in [0.5, 0.6) is 11.5 Å². The third kappa shape index (κ3) is 2.67. The van der Waals surface area contributed by atoms with Crippen molar-refractivity contribution in [2.45, 2.75) is 18.4 Å². The summed E-state index contributed by atoms with van der Waals surface area (Å²) >= 11 is 3.52. The number of anilines is 1. The molecule has 0 saturated carbocycles. The van der Waals surface area contributed by atoms with Crippen LogP contribution in [0.3, 0.4) is 0 Å². The van der Waals surface area contributed by atoms with Crippen LogP contribution in [-0.4, -0.2) is 14.2 Å². The number of hydrogen-bond acceptors (Lipinski definition) is 3. The molecular weight excluding hydrogens is 404 g/mol. The van der Waals surface area contributed by atoms with E-state index >= 15 is 0 Å². The molecule has 0 spiro atoms. The molecule has 0 aromatic heterocycles. The number of rotatable bonds is 3. The highest BCUT2D eigenvalue weighted by molar-refractivity contribution is 9.10. The zero-order valence-electron chi connectivity index (χ0n) is 14.4. The fourth-order valence-electron chi connectivity index (χ4n) is 4.07. The van der Waals surface area contributed by atoms with Crippen molar-refractivity contribution < 1.29 is 18.3 Å². The number of allylic oxidation sites excluding steroid dienone is 2. The van der Waals surface area contributed by atoms with Gasteiger partial charge in [-0.25, -0.2) is 8.78 Å². The number of fused-ring (bicyclic) bond motifs is 3. The van der Waals surface area contributed by atoms with Crippen LogP contribution < -0.4 is 14.8 Å². The van der Waals surface area contributed by atoms with Gasteiger partial charge in [-0.1, -0.05) is 12.2 Å². The molecule has 0 radical (unpaired) electrons. The highest BCUT2D eigenvalue weighted by Gasteiger charge is 2.39. The van der Waals surface area contributed by atoms with Crippen LogP contribution in [0.25, 0.3) is 0 Å². The van der Waals surface area contributed by atoms with Crippen molar-refractivity contribution in [2.75, 3.05) is 19.5 Å². The lowest BCUT2D eigenvalue weighted by molar-refractivity contribution is 0.350. The smallest absolute Gasteiger partial charge is 0.174 e. The molecule has 4 rings (SSSR count). The number of nitrogens with one attached hydrogen (secondary N) is 1. The topological polar surface area (TPSA) is 30.5 Å². The second-order valence-corrected chi connectivity index (χ2v) is 7.42. The molecule has 0 amide bonds. The molecule has 2 aromatic carbocycles. The van der Waals surface area contributed by atoms with Gasteiger partial charge in [0, 0.05) is 12.0 Å². The third-order valence-corrected chi connectivity index (χ3v) is 5.79. The Morgan fingerprint density at radius 3 is 2.65 bits per heavy atom. The van der Waals surface area contributed by atoms with Crippen LogP contribution in [0.1, 0.15) is 29.5 Å². The Hall–Kier alpha value is -2.08. The van der Waals surface area contributed by atoms with Crippen LogP contribution >= 0.6 is 15.9 Å². The van der Waals surface area contributed by atoms with E-state index in [9.17, 15) is 8.78 Å². The van der Waals surface area contributed by atoms with Crippen LogP contribution in [0, 0.1) is 17.6 Å². The van der Waals surface area contributed by atoms with Crippen molar-refractivity contribution >= 4 is 21.6 Å². The first-order valence-electron chi connectivity index (χ1n) is 8.37.